The van der Waals surface area contributed by atoms with Crippen LogP contribution in [0.1, 0.15) is 24.6 Å². The van der Waals surface area contributed by atoms with Gasteiger partial charge in [0.2, 0.25) is 5.91 Å². The monoisotopic (exact) mass is 399 g/mol. The molecule has 1 aromatic heterocycles. The number of fused-ring (bicyclic) bond motifs is 2. The first kappa shape index (κ1) is 18.7. The van der Waals surface area contributed by atoms with Gasteiger partial charge in [0.15, 0.2) is 0 Å². The number of aromatic nitrogens is 2. The first-order chi connectivity index (χ1) is 14.7. The molecule has 1 aliphatic heterocycles. The zero-order chi connectivity index (χ0) is 20.5. The van der Waals surface area contributed by atoms with E-state index in [2.05, 4.69) is 28.8 Å². The molecule has 0 bridgehead atoms. The van der Waals surface area contributed by atoms with E-state index in [0.29, 0.717) is 13.0 Å². The van der Waals surface area contributed by atoms with Crippen LogP contribution in [-0.2, 0) is 11.3 Å². The summed E-state index contributed by atoms with van der Waals surface area (Å²) < 4.78 is 8.41. The summed E-state index contributed by atoms with van der Waals surface area (Å²) >= 11 is 0. The Kier molecular flexibility index (Phi) is 4.87. The maximum Gasteiger partial charge on any atom is 0.223 e. The SMILES string of the molecule is CN1CC(c2nc3ccccc3n2CCCOc2cccc3ccccc23)CC1=O. The van der Waals surface area contributed by atoms with E-state index in [1.165, 1.54) is 5.39 Å². The third kappa shape index (κ3) is 3.41. The fourth-order valence-corrected chi connectivity index (χ4v) is 4.40. The average Bonchev–Trinajstić information content (AvgIpc) is 3.31. The lowest BCUT2D eigenvalue weighted by atomic mass is 10.1. The normalized spacial score (nSPS) is 16.6. The molecule has 1 aliphatic rings. The summed E-state index contributed by atoms with van der Waals surface area (Å²) in [6, 6.07) is 22.7. The molecule has 0 N–H and O–H groups in total. The van der Waals surface area contributed by atoms with E-state index in [-0.39, 0.29) is 11.8 Å². The topological polar surface area (TPSA) is 47.4 Å². The minimum Gasteiger partial charge on any atom is -0.493 e. The van der Waals surface area contributed by atoms with Gasteiger partial charge in [0.05, 0.1) is 17.6 Å². The standard InChI is InChI=1S/C25H25N3O2/c1-27-17-19(16-24(27)29)25-26-21-11-4-5-12-22(21)28(25)14-7-15-30-23-13-6-9-18-8-2-3-10-20(18)23/h2-6,8-13,19H,7,14-17H2,1H3. The Morgan fingerprint density at radius 1 is 1.03 bits per heavy atom. The Balaban J connectivity index is 1.34. The number of nitrogens with zero attached hydrogens (tertiary/aromatic N) is 3. The number of rotatable bonds is 6. The van der Waals surface area contributed by atoms with Crippen LogP contribution in [-0.4, -0.2) is 40.6 Å². The van der Waals surface area contributed by atoms with Crippen LogP contribution in [0.4, 0.5) is 0 Å². The smallest absolute Gasteiger partial charge is 0.223 e. The number of likely N-dealkylation sites (N-methyl/N-ethyl adjacent to an activating group) is 1. The van der Waals surface area contributed by atoms with Gasteiger partial charge in [-0.3, -0.25) is 4.79 Å². The molecular formula is C25H25N3O2. The van der Waals surface area contributed by atoms with Gasteiger partial charge in [-0.1, -0.05) is 48.5 Å². The second-order valence-electron chi connectivity index (χ2n) is 7.96. The zero-order valence-corrected chi connectivity index (χ0v) is 17.1. The van der Waals surface area contributed by atoms with Crippen molar-refractivity contribution in [2.75, 3.05) is 20.2 Å². The van der Waals surface area contributed by atoms with Crippen molar-refractivity contribution in [3.05, 3.63) is 72.6 Å². The van der Waals surface area contributed by atoms with Gasteiger partial charge in [-0.25, -0.2) is 4.98 Å². The van der Waals surface area contributed by atoms with Crippen LogP contribution >= 0.6 is 0 Å². The number of para-hydroxylation sites is 2. The molecule has 4 aromatic rings. The number of hydrogen-bond donors (Lipinski definition) is 0. The number of likely N-dealkylation sites (tertiary alicyclic amines) is 1. The second kappa shape index (κ2) is 7.82. The van der Waals surface area contributed by atoms with Crippen molar-refractivity contribution >= 4 is 27.7 Å². The molecule has 0 spiro atoms. The molecule has 2 heterocycles. The Hall–Kier alpha value is -3.34. The minimum atomic E-state index is 0.147. The summed E-state index contributed by atoms with van der Waals surface area (Å²) in [5.41, 5.74) is 2.11. The summed E-state index contributed by atoms with van der Waals surface area (Å²) in [7, 11) is 1.87. The van der Waals surface area contributed by atoms with Crippen molar-refractivity contribution < 1.29 is 9.53 Å². The first-order valence-electron chi connectivity index (χ1n) is 10.5. The van der Waals surface area contributed by atoms with Gasteiger partial charge in [0.25, 0.3) is 0 Å². The number of carbonyl (C=O) groups is 1. The maximum atomic E-state index is 12.1. The molecule has 5 rings (SSSR count). The molecule has 3 aromatic carbocycles. The third-order valence-electron chi connectivity index (χ3n) is 5.92. The van der Waals surface area contributed by atoms with E-state index in [1.807, 2.05) is 49.5 Å². The first-order valence-corrected chi connectivity index (χ1v) is 10.5. The van der Waals surface area contributed by atoms with Gasteiger partial charge >= 0.3 is 0 Å². The summed E-state index contributed by atoms with van der Waals surface area (Å²) in [4.78, 5) is 18.8. The van der Waals surface area contributed by atoms with E-state index in [0.717, 1.165) is 47.5 Å². The largest absolute Gasteiger partial charge is 0.493 e. The number of aryl methyl sites for hydroxylation is 1. The Labute approximate surface area is 175 Å². The number of imidazole rings is 1. The molecule has 0 saturated carbocycles. The van der Waals surface area contributed by atoms with E-state index in [9.17, 15) is 4.79 Å². The lowest BCUT2D eigenvalue weighted by Crippen LogP contribution is -2.19. The van der Waals surface area contributed by atoms with Crippen molar-refractivity contribution in [2.45, 2.75) is 25.3 Å². The van der Waals surface area contributed by atoms with Crippen molar-refractivity contribution in [1.82, 2.24) is 14.5 Å². The summed E-state index contributed by atoms with van der Waals surface area (Å²) in [5.74, 6) is 2.28. The molecule has 30 heavy (non-hydrogen) atoms. The van der Waals surface area contributed by atoms with Crippen LogP contribution in [0, 0.1) is 0 Å². The van der Waals surface area contributed by atoms with Crippen molar-refractivity contribution in [2.24, 2.45) is 0 Å². The molecule has 152 valence electrons. The Bertz CT molecular complexity index is 1210. The molecule has 1 unspecified atom stereocenters. The molecule has 1 fully saturated rings. The fraction of sp³-hybridized carbons (Fsp3) is 0.280. The number of ether oxygens (including phenoxy) is 1. The lowest BCUT2D eigenvalue weighted by Gasteiger charge is -2.14. The van der Waals surface area contributed by atoms with Crippen LogP contribution in [0.5, 0.6) is 5.75 Å². The highest BCUT2D eigenvalue weighted by Crippen LogP contribution is 2.30. The van der Waals surface area contributed by atoms with Gasteiger partial charge in [0, 0.05) is 37.9 Å². The van der Waals surface area contributed by atoms with Gasteiger partial charge in [0.1, 0.15) is 11.6 Å². The fourth-order valence-electron chi connectivity index (χ4n) is 4.40. The average molecular weight is 399 g/mol. The zero-order valence-electron chi connectivity index (χ0n) is 17.1. The summed E-state index contributed by atoms with van der Waals surface area (Å²) in [6.45, 7) is 2.17. The van der Waals surface area contributed by atoms with Crippen molar-refractivity contribution in [3.8, 4) is 5.75 Å². The van der Waals surface area contributed by atoms with Crippen LogP contribution < -0.4 is 4.74 Å². The number of amides is 1. The number of benzene rings is 3. The predicted molar refractivity (Wildman–Crippen MR) is 119 cm³/mol. The molecule has 5 heteroatoms. The summed E-state index contributed by atoms with van der Waals surface area (Å²) in [6.07, 6.45) is 1.40. The highest BCUT2D eigenvalue weighted by Gasteiger charge is 2.31. The Morgan fingerprint density at radius 3 is 2.70 bits per heavy atom. The molecular weight excluding hydrogens is 374 g/mol. The molecule has 1 amide bonds. The number of hydrogen-bond acceptors (Lipinski definition) is 3. The molecule has 1 saturated heterocycles. The van der Waals surface area contributed by atoms with Gasteiger partial charge < -0.3 is 14.2 Å². The van der Waals surface area contributed by atoms with E-state index < -0.39 is 0 Å². The minimum absolute atomic E-state index is 0.147. The van der Waals surface area contributed by atoms with Crippen LogP contribution in [0.3, 0.4) is 0 Å². The summed E-state index contributed by atoms with van der Waals surface area (Å²) in [5, 5.41) is 2.33. The van der Waals surface area contributed by atoms with Gasteiger partial charge in [-0.15, -0.1) is 0 Å². The highest BCUT2D eigenvalue weighted by molar-refractivity contribution is 5.88. The maximum absolute atomic E-state index is 12.1. The predicted octanol–water partition coefficient (Wildman–Crippen LogP) is 4.60. The van der Waals surface area contributed by atoms with Crippen molar-refractivity contribution in [3.63, 3.8) is 0 Å². The Morgan fingerprint density at radius 2 is 1.83 bits per heavy atom. The second-order valence-corrected chi connectivity index (χ2v) is 7.96. The third-order valence-corrected chi connectivity index (χ3v) is 5.92. The van der Waals surface area contributed by atoms with Gasteiger partial charge in [-0.05, 0) is 30.0 Å². The molecule has 5 nitrogen and oxygen atoms in total. The van der Waals surface area contributed by atoms with Crippen LogP contribution in [0.15, 0.2) is 66.7 Å². The van der Waals surface area contributed by atoms with Gasteiger partial charge in [-0.2, -0.15) is 0 Å². The molecule has 1 atom stereocenters. The lowest BCUT2D eigenvalue weighted by molar-refractivity contribution is -0.126. The highest BCUT2D eigenvalue weighted by atomic mass is 16.5. The number of carbonyl (C=O) groups excluding carboxylic acids is 1. The van der Waals surface area contributed by atoms with E-state index in [4.69, 9.17) is 9.72 Å². The van der Waals surface area contributed by atoms with E-state index >= 15 is 0 Å². The van der Waals surface area contributed by atoms with E-state index in [1.54, 1.807) is 4.90 Å². The van der Waals surface area contributed by atoms with Crippen LogP contribution in [0.25, 0.3) is 21.8 Å². The molecule has 0 radical (unpaired) electrons. The van der Waals surface area contributed by atoms with Crippen LogP contribution in [0.2, 0.25) is 0 Å². The van der Waals surface area contributed by atoms with Crippen molar-refractivity contribution in [1.29, 1.82) is 0 Å². The quantitative estimate of drug-likeness (QED) is 0.445. The molecule has 0 aliphatic carbocycles.